The fraction of sp³-hybridized carbons (Fsp3) is 0.533. The summed E-state index contributed by atoms with van der Waals surface area (Å²) in [7, 11) is 1.56. The molecule has 2 aromatic rings. The van der Waals surface area contributed by atoms with E-state index in [1.807, 2.05) is 35.1 Å². The molecule has 0 spiro atoms. The van der Waals surface area contributed by atoms with Crippen LogP contribution in [0.25, 0.3) is 5.65 Å². The van der Waals surface area contributed by atoms with E-state index in [9.17, 15) is 4.79 Å². The van der Waals surface area contributed by atoms with Gasteiger partial charge in [0.2, 0.25) is 5.91 Å². The van der Waals surface area contributed by atoms with Crippen molar-refractivity contribution in [2.75, 3.05) is 25.7 Å². The van der Waals surface area contributed by atoms with Gasteiger partial charge in [-0.15, -0.1) is 10.2 Å². The van der Waals surface area contributed by atoms with Crippen LogP contribution in [0.1, 0.15) is 24.7 Å². The molecule has 0 aliphatic heterocycles. The van der Waals surface area contributed by atoms with Gasteiger partial charge in [0.1, 0.15) is 0 Å². The summed E-state index contributed by atoms with van der Waals surface area (Å²) in [6.07, 6.45) is 4.69. The van der Waals surface area contributed by atoms with Gasteiger partial charge in [-0.1, -0.05) is 6.07 Å². The average molecular weight is 337 g/mol. The molecule has 2 unspecified atom stereocenters. The van der Waals surface area contributed by atoms with Gasteiger partial charge in [-0.3, -0.25) is 9.20 Å². The van der Waals surface area contributed by atoms with Crippen molar-refractivity contribution in [1.82, 2.24) is 19.9 Å². The second-order valence-electron chi connectivity index (χ2n) is 5.19. The Morgan fingerprint density at radius 3 is 3.00 bits per heavy atom. The minimum Gasteiger partial charge on any atom is -0.380 e. The summed E-state index contributed by atoms with van der Waals surface area (Å²) in [5.74, 6) is 1.56. The van der Waals surface area contributed by atoms with Gasteiger partial charge < -0.3 is 15.8 Å². The van der Waals surface area contributed by atoms with Crippen LogP contribution < -0.4 is 11.1 Å². The van der Waals surface area contributed by atoms with E-state index in [4.69, 9.17) is 10.5 Å². The lowest BCUT2D eigenvalue weighted by Crippen LogP contribution is -2.35. The maximum atomic E-state index is 12.3. The second kappa shape index (κ2) is 8.85. The van der Waals surface area contributed by atoms with E-state index in [1.54, 1.807) is 18.9 Å². The molecule has 2 atom stereocenters. The van der Waals surface area contributed by atoms with Crippen LogP contribution in [0.5, 0.6) is 0 Å². The first-order valence-corrected chi connectivity index (χ1v) is 8.89. The molecule has 23 heavy (non-hydrogen) atoms. The second-order valence-corrected chi connectivity index (χ2v) is 6.17. The van der Waals surface area contributed by atoms with Gasteiger partial charge >= 0.3 is 0 Å². The number of pyridine rings is 1. The molecule has 0 aliphatic carbocycles. The smallest absolute Gasteiger partial charge is 0.223 e. The monoisotopic (exact) mass is 337 g/mol. The van der Waals surface area contributed by atoms with Gasteiger partial charge in [0.05, 0.1) is 18.6 Å². The number of amides is 1. The van der Waals surface area contributed by atoms with Crippen molar-refractivity contribution in [2.24, 2.45) is 5.73 Å². The van der Waals surface area contributed by atoms with Crippen molar-refractivity contribution in [1.29, 1.82) is 0 Å². The molecule has 3 N–H and O–H groups in total. The highest BCUT2D eigenvalue weighted by molar-refractivity contribution is 7.98. The maximum absolute atomic E-state index is 12.3. The maximum Gasteiger partial charge on any atom is 0.223 e. The number of aromatic nitrogens is 3. The van der Waals surface area contributed by atoms with Crippen LogP contribution in [0, 0.1) is 0 Å². The first-order valence-electron chi connectivity index (χ1n) is 7.50. The number of nitrogens with zero attached hydrogens (tertiary/aromatic N) is 3. The molecule has 0 aliphatic rings. The van der Waals surface area contributed by atoms with Crippen molar-refractivity contribution < 1.29 is 9.53 Å². The van der Waals surface area contributed by atoms with Gasteiger partial charge in [0.15, 0.2) is 11.5 Å². The van der Waals surface area contributed by atoms with Crippen molar-refractivity contribution in [3.05, 3.63) is 30.2 Å². The summed E-state index contributed by atoms with van der Waals surface area (Å²) in [5, 5.41) is 11.4. The Bertz CT molecular complexity index is 629. The molecule has 0 fully saturated rings. The number of ether oxygens (including phenoxy) is 1. The number of hydrogen-bond acceptors (Lipinski definition) is 6. The molecule has 0 saturated carbocycles. The lowest BCUT2D eigenvalue weighted by molar-refractivity contribution is -0.124. The summed E-state index contributed by atoms with van der Waals surface area (Å²) in [4.78, 5) is 12.3. The first-order chi connectivity index (χ1) is 11.2. The van der Waals surface area contributed by atoms with Crippen LogP contribution in [0.4, 0.5) is 0 Å². The largest absolute Gasteiger partial charge is 0.380 e. The fourth-order valence-corrected chi connectivity index (χ4v) is 2.79. The quantitative estimate of drug-likeness (QED) is 0.709. The highest BCUT2D eigenvalue weighted by atomic mass is 32.2. The van der Waals surface area contributed by atoms with E-state index in [1.165, 1.54) is 0 Å². The number of methoxy groups -OCH3 is 1. The molecule has 126 valence electrons. The van der Waals surface area contributed by atoms with E-state index in [0.29, 0.717) is 6.54 Å². The first kappa shape index (κ1) is 17.7. The lowest BCUT2D eigenvalue weighted by Gasteiger charge is -2.19. The number of rotatable bonds is 9. The van der Waals surface area contributed by atoms with Gasteiger partial charge in [-0.2, -0.15) is 11.8 Å². The molecule has 2 aromatic heterocycles. The molecule has 1 amide bonds. The zero-order chi connectivity index (χ0) is 16.7. The Labute approximate surface area is 140 Å². The molecule has 2 heterocycles. The minimum atomic E-state index is -0.272. The lowest BCUT2D eigenvalue weighted by atomic mass is 10.1. The molecule has 2 rings (SSSR count). The van der Waals surface area contributed by atoms with Crippen molar-refractivity contribution in [3.8, 4) is 0 Å². The fourth-order valence-electron chi connectivity index (χ4n) is 2.32. The van der Waals surface area contributed by atoms with E-state index < -0.39 is 0 Å². The number of nitrogens with two attached hydrogens (primary N) is 1. The number of carbonyl (C=O) groups excluding carboxylic acids is 1. The highest BCUT2D eigenvalue weighted by Crippen LogP contribution is 2.18. The van der Waals surface area contributed by atoms with Crippen LogP contribution in [-0.2, 0) is 9.53 Å². The average Bonchev–Trinajstić information content (AvgIpc) is 3.00. The Morgan fingerprint density at radius 1 is 1.48 bits per heavy atom. The molecular formula is C15H23N5O2S. The topological polar surface area (TPSA) is 94.5 Å². The van der Waals surface area contributed by atoms with Gasteiger partial charge in [-0.25, -0.2) is 0 Å². The van der Waals surface area contributed by atoms with Crippen LogP contribution in [0.2, 0.25) is 0 Å². The molecule has 0 radical (unpaired) electrons. The van der Waals surface area contributed by atoms with E-state index in [0.717, 1.165) is 23.6 Å². The van der Waals surface area contributed by atoms with Crippen LogP contribution in [0.3, 0.4) is 0 Å². The van der Waals surface area contributed by atoms with Crippen LogP contribution in [-0.4, -0.2) is 52.3 Å². The molecule has 8 heteroatoms. The van der Waals surface area contributed by atoms with Crippen molar-refractivity contribution in [3.63, 3.8) is 0 Å². The summed E-state index contributed by atoms with van der Waals surface area (Å²) in [5.41, 5.74) is 6.34. The molecule has 0 aromatic carbocycles. The minimum absolute atomic E-state index is 0.0962. The summed E-state index contributed by atoms with van der Waals surface area (Å²) >= 11 is 1.73. The molecular weight excluding hydrogens is 314 g/mol. The van der Waals surface area contributed by atoms with Crippen LogP contribution in [0.15, 0.2) is 24.4 Å². The van der Waals surface area contributed by atoms with E-state index in [-0.39, 0.29) is 24.5 Å². The predicted octanol–water partition coefficient (Wildman–Crippen LogP) is 1.00. The van der Waals surface area contributed by atoms with E-state index in [2.05, 4.69) is 15.5 Å². The molecule has 7 nitrogen and oxygen atoms in total. The van der Waals surface area contributed by atoms with Crippen molar-refractivity contribution in [2.45, 2.75) is 25.0 Å². The van der Waals surface area contributed by atoms with E-state index >= 15 is 0 Å². The normalized spacial score (nSPS) is 13.9. The summed E-state index contributed by atoms with van der Waals surface area (Å²) < 4.78 is 7.08. The Balaban J connectivity index is 2.15. The number of hydrogen-bond donors (Lipinski definition) is 2. The third-order valence-electron chi connectivity index (χ3n) is 3.61. The Kier molecular flexibility index (Phi) is 6.82. The Hall–Kier alpha value is -1.64. The van der Waals surface area contributed by atoms with Crippen molar-refractivity contribution >= 4 is 23.3 Å². The third kappa shape index (κ3) is 4.66. The third-order valence-corrected chi connectivity index (χ3v) is 4.25. The zero-order valence-corrected chi connectivity index (χ0v) is 14.3. The molecule has 0 saturated heterocycles. The van der Waals surface area contributed by atoms with Crippen LogP contribution >= 0.6 is 11.8 Å². The SMILES string of the molecule is COC(CN)CC(=O)NC(CCSC)c1nnc2ccccn12. The molecule has 0 bridgehead atoms. The van der Waals surface area contributed by atoms with Gasteiger partial charge in [-0.05, 0) is 30.6 Å². The van der Waals surface area contributed by atoms with Gasteiger partial charge in [0.25, 0.3) is 0 Å². The number of nitrogens with one attached hydrogen (secondary N) is 1. The number of carbonyl (C=O) groups is 1. The number of fused-ring (bicyclic) bond motifs is 1. The van der Waals surface area contributed by atoms with Gasteiger partial charge in [0, 0.05) is 19.9 Å². The summed E-state index contributed by atoms with van der Waals surface area (Å²) in [6.45, 7) is 0.313. The highest BCUT2D eigenvalue weighted by Gasteiger charge is 2.21. The standard InChI is InChI=1S/C15H23N5O2S/c1-22-11(10-16)9-14(21)17-12(6-8-23-2)15-19-18-13-5-3-4-7-20(13)15/h3-5,7,11-12H,6,8-10,16H2,1-2H3,(H,17,21). The Morgan fingerprint density at radius 2 is 2.30 bits per heavy atom. The number of thioether (sulfide) groups is 1. The predicted molar refractivity (Wildman–Crippen MR) is 91.3 cm³/mol. The zero-order valence-electron chi connectivity index (χ0n) is 13.4. The summed E-state index contributed by atoms with van der Waals surface area (Å²) in [6, 6.07) is 5.53.